The highest BCUT2D eigenvalue weighted by atomic mass is 16.5. The van der Waals surface area contributed by atoms with Crippen molar-refractivity contribution in [2.75, 3.05) is 38.3 Å². The van der Waals surface area contributed by atoms with Crippen LogP contribution in [0.5, 0.6) is 0 Å². The Hall–Kier alpha value is -2.38. The van der Waals surface area contributed by atoms with Gasteiger partial charge in [0.2, 0.25) is 5.95 Å². The first-order valence-corrected chi connectivity index (χ1v) is 11.2. The van der Waals surface area contributed by atoms with E-state index in [-0.39, 0.29) is 6.10 Å². The number of nitrogens with zero attached hydrogens (tertiary/aromatic N) is 4. The fraction of sp³-hybridized carbons (Fsp3) is 0.565. The highest BCUT2D eigenvalue weighted by Gasteiger charge is 2.25. The SMILES string of the molecule is CN(C[C@@H]1CCCCO1)c1nnc(Cc2c[nH]c3ccccc23)n1C[C@@H]1CCOC1. The average molecular weight is 410 g/mol. The van der Waals surface area contributed by atoms with Crippen LogP contribution in [0, 0.1) is 5.92 Å². The topological polar surface area (TPSA) is 68.2 Å². The second-order valence-corrected chi connectivity index (χ2v) is 8.66. The lowest BCUT2D eigenvalue weighted by Gasteiger charge is -2.28. The summed E-state index contributed by atoms with van der Waals surface area (Å²) in [6.45, 7) is 4.30. The summed E-state index contributed by atoms with van der Waals surface area (Å²) in [7, 11) is 2.11. The summed E-state index contributed by atoms with van der Waals surface area (Å²) in [5, 5.41) is 10.5. The lowest BCUT2D eigenvalue weighted by atomic mass is 10.1. The van der Waals surface area contributed by atoms with Crippen molar-refractivity contribution in [3.05, 3.63) is 41.9 Å². The van der Waals surface area contributed by atoms with Gasteiger partial charge in [-0.05, 0) is 37.3 Å². The van der Waals surface area contributed by atoms with Gasteiger partial charge in [0.05, 0.1) is 12.7 Å². The quantitative estimate of drug-likeness (QED) is 0.648. The molecule has 0 radical (unpaired) electrons. The predicted octanol–water partition coefficient (Wildman–Crippen LogP) is 3.39. The molecule has 1 aromatic carbocycles. The van der Waals surface area contributed by atoms with Crippen molar-refractivity contribution in [1.29, 1.82) is 0 Å². The van der Waals surface area contributed by atoms with Gasteiger partial charge in [-0.3, -0.25) is 4.57 Å². The third-order valence-electron chi connectivity index (χ3n) is 6.39. The van der Waals surface area contributed by atoms with Crippen molar-refractivity contribution in [2.24, 2.45) is 5.92 Å². The van der Waals surface area contributed by atoms with Gasteiger partial charge in [-0.2, -0.15) is 0 Å². The van der Waals surface area contributed by atoms with Gasteiger partial charge in [-0.25, -0.2) is 0 Å². The van der Waals surface area contributed by atoms with Crippen molar-refractivity contribution < 1.29 is 9.47 Å². The molecule has 7 nitrogen and oxygen atoms in total. The first kappa shape index (κ1) is 19.6. The zero-order chi connectivity index (χ0) is 20.3. The van der Waals surface area contributed by atoms with Gasteiger partial charge in [-0.1, -0.05) is 18.2 Å². The smallest absolute Gasteiger partial charge is 0.227 e. The Morgan fingerprint density at radius 2 is 2.10 bits per heavy atom. The molecular formula is C23H31N5O2. The molecule has 0 aliphatic carbocycles. The molecule has 2 saturated heterocycles. The van der Waals surface area contributed by atoms with E-state index in [0.29, 0.717) is 5.92 Å². The van der Waals surface area contributed by atoms with E-state index in [1.807, 2.05) is 0 Å². The molecule has 2 atom stereocenters. The zero-order valence-corrected chi connectivity index (χ0v) is 17.7. The van der Waals surface area contributed by atoms with E-state index in [0.717, 1.165) is 69.5 Å². The van der Waals surface area contributed by atoms with E-state index in [4.69, 9.17) is 9.47 Å². The molecule has 1 N–H and O–H groups in total. The van der Waals surface area contributed by atoms with Crippen molar-refractivity contribution >= 4 is 16.9 Å². The summed E-state index contributed by atoms with van der Waals surface area (Å²) >= 11 is 0. The van der Waals surface area contributed by atoms with Gasteiger partial charge < -0.3 is 19.4 Å². The second-order valence-electron chi connectivity index (χ2n) is 8.66. The molecule has 4 heterocycles. The standard InChI is InChI=1S/C23H31N5O2/c1-27(15-19-6-4-5-10-30-19)23-26-25-22(28(23)14-17-9-11-29-16-17)12-18-13-24-21-8-3-2-7-20(18)21/h2-3,7-8,13,17,19,24H,4-6,9-12,14-16H2,1H3/t17-,19-/m0/s1. The van der Waals surface area contributed by atoms with E-state index in [1.54, 1.807) is 0 Å². The average Bonchev–Trinajstić information content (AvgIpc) is 3.51. The minimum absolute atomic E-state index is 0.279. The van der Waals surface area contributed by atoms with Gasteiger partial charge >= 0.3 is 0 Å². The van der Waals surface area contributed by atoms with Gasteiger partial charge in [0.1, 0.15) is 5.82 Å². The normalized spacial score (nSPS) is 22.0. The monoisotopic (exact) mass is 409 g/mol. The largest absolute Gasteiger partial charge is 0.381 e. The predicted molar refractivity (Wildman–Crippen MR) is 117 cm³/mol. The zero-order valence-electron chi connectivity index (χ0n) is 17.7. The number of ether oxygens (including phenoxy) is 2. The minimum Gasteiger partial charge on any atom is -0.381 e. The summed E-state index contributed by atoms with van der Waals surface area (Å²) in [5.74, 6) is 2.46. The van der Waals surface area contributed by atoms with E-state index in [2.05, 4.69) is 62.2 Å². The van der Waals surface area contributed by atoms with Crippen LogP contribution in [0.4, 0.5) is 5.95 Å². The number of nitrogens with one attached hydrogen (secondary N) is 1. The number of aromatic amines is 1. The molecule has 30 heavy (non-hydrogen) atoms. The summed E-state index contributed by atoms with van der Waals surface area (Å²) in [6, 6.07) is 8.43. The lowest BCUT2D eigenvalue weighted by Crippen LogP contribution is -2.35. The molecule has 2 fully saturated rings. The van der Waals surface area contributed by atoms with Crippen LogP contribution < -0.4 is 4.90 Å². The number of rotatable bonds is 7. The van der Waals surface area contributed by atoms with Crippen molar-refractivity contribution in [3.8, 4) is 0 Å². The Balaban J connectivity index is 1.41. The Bertz CT molecular complexity index is 969. The van der Waals surface area contributed by atoms with Gasteiger partial charge in [0.15, 0.2) is 0 Å². The van der Waals surface area contributed by atoms with Crippen LogP contribution in [0.25, 0.3) is 10.9 Å². The third kappa shape index (κ3) is 4.09. The van der Waals surface area contributed by atoms with Crippen LogP contribution in [-0.4, -0.2) is 59.3 Å². The molecule has 2 aliphatic heterocycles. The van der Waals surface area contributed by atoms with E-state index < -0.39 is 0 Å². The van der Waals surface area contributed by atoms with Crippen molar-refractivity contribution in [2.45, 2.75) is 44.8 Å². The first-order valence-electron chi connectivity index (χ1n) is 11.2. The Morgan fingerprint density at radius 3 is 2.93 bits per heavy atom. The molecule has 0 amide bonds. The molecule has 0 bridgehead atoms. The van der Waals surface area contributed by atoms with Gasteiger partial charge in [0, 0.05) is 62.8 Å². The van der Waals surface area contributed by atoms with Crippen LogP contribution in [-0.2, 0) is 22.4 Å². The van der Waals surface area contributed by atoms with Gasteiger partial charge in [0.25, 0.3) is 0 Å². The van der Waals surface area contributed by atoms with Crippen LogP contribution in [0.3, 0.4) is 0 Å². The van der Waals surface area contributed by atoms with E-state index in [1.165, 1.54) is 23.8 Å². The molecular weight excluding hydrogens is 378 g/mol. The highest BCUT2D eigenvalue weighted by Crippen LogP contribution is 2.25. The maximum atomic E-state index is 5.96. The number of hydrogen-bond donors (Lipinski definition) is 1. The minimum atomic E-state index is 0.279. The molecule has 0 spiro atoms. The van der Waals surface area contributed by atoms with Crippen LogP contribution >= 0.6 is 0 Å². The van der Waals surface area contributed by atoms with E-state index in [9.17, 15) is 0 Å². The van der Waals surface area contributed by atoms with Crippen LogP contribution in [0.2, 0.25) is 0 Å². The summed E-state index contributed by atoms with van der Waals surface area (Å²) in [4.78, 5) is 5.60. The summed E-state index contributed by atoms with van der Waals surface area (Å²) in [6.07, 6.45) is 7.78. The molecule has 160 valence electrons. The maximum Gasteiger partial charge on any atom is 0.227 e. The molecule has 7 heteroatoms. The number of benzene rings is 1. The van der Waals surface area contributed by atoms with E-state index >= 15 is 0 Å². The molecule has 5 rings (SSSR count). The Kier molecular flexibility index (Phi) is 5.73. The number of likely N-dealkylation sites (N-methyl/N-ethyl adjacent to an activating group) is 1. The Morgan fingerprint density at radius 1 is 1.17 bits per heavy atom. The molecule has 2 aliphatic rings. The van der Waals surface area contributed by atoms with Crippen molar-refractivity contribution in [1.82, 2.24) is 19.7 Å². The third-order valence-corrected chi connectivity index (χ3v) is 6.39. The van der Waals surface area contributed by atoms with Gasteiger partial charge in [-0.15, -0.1) is 10.2 Å². The number of para-hydroxylation sites is 1. The second kappa shape index (κ2) is 8.78. The van der Waals surface area contributed by atoms with Crippen molar-refractivity contribution in [3.63, 3.8) is 0 Å². The number of H-pyrrole nitrogens is 1. The molecule has 0 saturated carbocycles. The number of fused-ring (bicyclic) bond motifs is 1. The number of hydrogen-bond acceptors (Lipinski definition) is 5. The lowest BCUT2D eigenvalue weighted by molar-refractivity contribution is 0.0213. The summed E-state index contributed by atoms with van der Waals surface area (Å²) in [5.41, 5.74) is 2.42. The molecule has 3 aromatic rings. The fourth-order valence-corrected chi connectivity index (χ4v) is 4.70. The molecule has 2 aromatic heterocycles. The maximum absolute atomic E-state index is 5.96. The Labute approximate surface area is 177 Å². The summed E-state index contributed by atoms with van der Waals surface area (Å²) < 4.78 is 13.9. The molecule has 0 unspecified atom stereocenters. The van der Waals surface area contributed by atoms with Crippen LogP contribution in [0.1, 0.15) is 37.1 Å². The number of aromatic nitrogens is 4. The van der Waals surface area contributed by atoms with Crippen LogP contribution in [0.15, 0.2) is 30.5 Å². The highest BCUT2D eigenvalue weighted by molar-refractivity contribution is 5.83. The first-order chi connectivity index (χ1) is 14.8. The fourth-order valence-electron chi connectivity index (χ4n) is 4.70. The number of anilines is 1.